The third kappa shape index (κ3) is 3.64. The van der Waals surface area contributed by atoms with Crippen molar-refractivity contribution in [2.45, 2.75) is 25.9 Å². The molecule has 0 saturated carbocycles. The molecule has 1 atom stereocenters. The van der Waals surface area contributed by atoms with Crippen molar-refractivity contribution in [3.8, 4) is 5.75 Å². The van der Waals surface area contributed by atoms with Crippen LogP contribution < -0.4 is 20.7 Å². The highest BCUT2D eigenvalue weighted by atomic mass is 19.1. The average molecular weight is 387 g/mol. The molecule has 148 valence electrons. The Morgan fingerprint density at radius 2 is 2.14 bits per heavy atom. The first-order valence-corrected chi connectivity index (χ1v) is 9.38. The maximum absolute atomic E-state index is 15.5. The second-order valence-electron chi connectivity index (χ2n) is 6.98. The van der Waals surface area contributed by atoms with Crippen LogP contribution in [0, 0.1) is 12.7 Å². The van der Waals surface area contributed by atoms with E-state index >= 15 is 4.39 Å². The van der Waals surface area contributed by atoms with Gasteiger partial charge in [0.05, 0.1) is 17.9 Å². The van der Waals surface area contributed by atoms with Crippen LogP contribution in [0.2, 0.25) is 0 Å². The van der Waals surface area contributed by atoms with Gasteiger partial charge in [-0.1, -0.05) is 6.08 Å². The predicted molar refractivity (Wildman–Crippen MR) is 106 cm³/mol. The standard InChI is InChI=1S/C20H23F2N5O/c1-11-7-16(23-2)27-20(25-11)26-15-9-13-4-6-28-19(13)17(18(15)22)12-3-5-24-10-14(21)8-12/h3,7,9,14,24H,4-6,8,10H2,1-2H3,(H2,23,25,26,27). The molecule has 0 radical (unpaired) electrons. The Morgan fingerprint density at radius 3 is 2.96 bits per heavy atom. The van der Waals surface area contributed by atoms with Crippen LogP contribution in [-0.4, -0.2) is 42.9 Å². The fraction of sp³-hybridized carbons (Fsp3) is 0.400. The van der Waals surface area contributed by atoms with Gasteiger partial charge in [0.2, 0.25) is 5.95 Å². The molecular formula is C20H23F2N5O. The maximum atomic E-state index is 15.5. The van der Waals surface area contributed by atoms with E-state index in [1.807, 2.05) is 13.0 Å². The van der Waals surface area contributed by atoms with Gasteiger partial charge >= 0.3 is 0 Å². The molecule has 3 heterocycles. The van der Waals surface area contributed by atoms with Gasteiger partial charge < -0.3 is 20.7 Å². The normalized spacial score (nSPS) is 18.7. The SMILES string of the molecule is CNc1cc(C)nc(Nc2cc3c(c(C4=CCNCC(F)C4)c2F)OCC3)n1. The number of allylic oxidation sites excluding steroid dienone is 1. The largest absolute Gasteiger partial charge is 0.492 e. The van der Waals surface area contributed by atoms with E-state index in [1.54, 1.807) is 19.2 Å². The number of rotatable bonds is 4. The molecule has 0 aliphatic carbocycles. The van der Waals surface area contributed by atoms with E-state index in [1.165, 1.54) is 0 Å². The minimum Gasteiger partial charge on any atom is -0.492 e. The minimum atomic E-state index is -1.07. The first-order chi connectivity index (χ1) is 13.5. The van der Waals surface area contributed by atoms with Gasteiger partial charge in [0.25, 0.3) is 0 Å². The number of nitrogens with zero attached hydrogens (tertiary/aromatic N) is 2. The van der Waals surface area contributed by atoms with Gasteiger partial charge in [-0.3, -0.25) is 0 Å². The fourth-order valence-electron chi connectivity index (χ4n) is 3.60. The number of aromatic nitrogens is 2. The van der Waals surface area contributed by atoms with Crippen molar-refractivity contribution in [2.75, 3.05) is 37.4 Å². The number of halogens is 2. The Balaban J connectivity index is 1.77. The topological polar surface area (TPSA) is 71.1 Å². The highest BCUT2D eigenvalue weighted by Crippen LogP contribution is 2.42. The summed E-state index contributed by atoms with van der Waals surface area (Å²) in [6.07, 6.45) is 1.60. The number of hydrogen-bond acceptors (Lipinski definition) is 6. The monoisotopic (exact) mass is 387 g/mol. The summed E-state index contributed by atoms with van der Waals surface area (Å²) in [6.45, 7) is 3.08. The summed E-state index contributed by atoms with van der Waals surface area (Å²) in [5, 5.41) is 8.96. The molecule has 1 unspecified atom stereocenters. The molecule has 0 saturated heterocycles. The van der Waals surface area contributed by atoms with Crippen LogP contribution in [0.25, 0.3) is 5.57 Å². The highest BCUT2D eigenvalue weighted by Gasteiger charge is 2.28. The number of anilines is 3. The van der Waals surface area contributed by atoms with Crippen LogP contribution in [-0.2, 0) is 6.42 Å². The van der Waals surface area contributed by atoms with Gasteiger partial charge in [0.1, 0.15) is 17.7 Å². The van der Waals surface area contributed by atoms with Gasteiger partial charge in [-0.2, -0.15) is 4.98 Å². The predicted octanol–water partition coefficient (Wildman–Crippen LogP) is 3.36. The van der Waals surface area contributed by atoms with E-state index < -0.39 is 12.0 Å². The van der Waals surface area contributed by atoms with Crippen molar-refractivity contribution >= 4 is 23.0 Å². The molecule has 28 heavy (non-hydrogen) atoms. The Bertz CT molecular complexity index is 931. The summed E-state index contributed by atoms with van der Waals surface area (Å²) < 4.78 is 35.4. The molecule has 0 bridgehead atoms. The quantitative estimate of drug-likeness (QED) is 0.747. The summed E-state index contributed by atoms with van der Waals surface area (Å²) in [7, 11) is 1.76. The number of alkyl halides is 1. The zero-order chi connectivity index (χ0) is 19.7. The fourth-order valence-corrected chi connectivity index (χ4v) is 3.60. The van der Waals surface area contributed by atoms with Crippen LogP contribution in [0.4, 0.5) is 26.2 Å². The Morgan fingerprint density at radius 1 is 1.29 bits per heavy atom. The third-order valence-corrected chi connectivity index (χ3v) is 4.89. The third-order valence-electron chi connectivity index (χ3n) is 4.89. The van der Waals surface area contributed by atoms with Gasteiger partial charge in [0.15, 0.2) is 5.82 Å². The lowest BCUT2D eigenvalue weighted by atomic mass is 9.95. The minimum absolute atomic E-state index is 0.147. The Kier molecular flexibility index (Phi) is 5.13. The second kappa shape index (κ2) is 7.71. The lowest BCUT2D eigenvalue weighted by Gasteiger charge is -2.17. The number of ether oxygens (including phenoxy) is 1. The molecule has 6 nitrogen and oxygen atoms in total. The summed E-state index contributed by atoms with van der Waals surface area (Å²) in [6, 6.07) is 3.53. The summed E-state index contributed by atoms with van der Waals surface area (Å²) >= 11 is 0. The van der Waals surface area contributed by atoms with Crippen LogP contribution in [0.5, 0.6) is 5.75 Å². The van der Waals surface area contributed by atoms with Crippen LogP contribution >= 0.6 is 0 Å². The molecule has 4 rings (SSSR count). The summed E-state index contributed by atoms with van der Waals surface area (Å²) in [5.74, 6) is 0.979. The number of hydrogen-bond donors (Lipinski definition) is 3. The van der Waals surface area contributed by atoms with E-state index in [9.17, 15) is 4.39 Å². The number of benzene rings is 1. The number of nitrogens with one attached hydrogen (secondary N) is 3. The van der Waals surface area contributed by atoms with Crippen molar-refractivity contribution in [3.63, 3.8) is 0 Å². The molecule has 0 fully saturated rings. The summed E-state index contributed by atoms with van der Waals surface area (Å²) in [5.41, 5.74) is 2.88. The van der Waals surface area contributed by atoms with Crippen molar-refractivity contribution in [2.24, 2.45) is 0 Å². The number of aryl methyl sites for hydroxylation is 1. The molecular weight excluding hydrogens is 364 g/mol. The number of fused-ring (bicyclic) bond motifs is 1. The van der Waals surface area contributed by atoms with Crippen LogP contribution in [0.3, 0.4) is 0 Å². The smallest absolute Gasteiger partial charge is 0.229 e. The van der Waals surface area contributed by atoms with Crippen molar-refractivity contribution < 1.29 is 13.5 Å². The molecule has 2 aliphatic heterocycles. The first-order valence-electron chi connectivity index (χ1n) is 9.38. The molecule has 1 aromatic heterocycles. The van der Waals surface area contributed by atoms with Crippen molar-refractivity contribution in [1.82, 2.24) is 15.3 Å². The van der Waals surface area contributed by atoms with Crippen LogP contribution in [0.15, 0.2) is 18.2 Å². The van der Waals surface area contributed by atoms with Crippen molar-refractivity contribution in [1.29, 1.82) is 0 Å². The first kappa shape index (κ1) is 18.6. The highest BCUT2D eigenvalue weighted by molar-refractivity contribution is 5.78. The molecule has 2 aromatic rings. The zero-order valence-corrected chi connectivity index (χ0v) is 15.9. The van der Waals surface area contributed by atoms with Gasteiger partial charge in [-0.15, -0.1) is 0 Å². The maximum Gasteiger partial charge on any atom is 0.229 e. The van der Waals surface area contributed by atoms with E-state index in [-0.39, 0.29) is 18.7 Å². The lowest BCUT2D eigenvalue weighted by molar-refractivity contribution is 0.331. The van der Waals surface area contributed by atoms with E-state index in [0.29, 0.717) is 48.2 Å². The van der Waals surface area contributed by atoms with E-state index in [2.05, 4.69) is 25.9 Å². The molecule has 1 aromatic carbocycles. The van der Waals surface area contributed by atoms with Gasteiger partial charge in [-0.25, -0.2) is 13.8 Å². The second-order valence-corrected chi connectivity index (χ2v) is 6.98. The molecule has 0 spiro atoms. The van der Waals surface area contributed by atoms with Gasteiger partial charge in [0, 0.05) is 50.3 Å². The Labute approximate surface area is 162 Å². The molecule has 8 heteroatoms. The van der Waals surface area contributed by atoms with E-state index in [0.717, 1.165) is 11.3 Å². The molecule has 2 aliphatic rings. The van der Waals surface area contributed by atoms with Gasteiger partial charge in [-0.05, 0) is 18.6 Å². The lowest BCUT2D eigenvalue weighted by Crippen LogP contribution is -2.21. The molecule has 0 amide bonds. The zero-order valence-electron chi connectivity index (χ0n) is 15.9. The summed E-state index contributed by atoms with van der Waals surface area (Å²) in [4.78, 5) is 8.67. The average Bonchev–Trinajstić information content (AvgIpc) is 3.01. The molecule has 3 N–H and O–H groups in total. The Hall–Kier alpha value is -2.74. The van der Waals surface area contributed by atoms with E-state index in [4.69, 9.17) is 4.74 Å². The van der Waals surface area contributed by atoms with Crippen molar-refractivity contribution in [3.05, 3.63) is 40.8 Å². The van der Waals surface area contributed by atoms with Crippen LogP contribution in [0.1, 0.15) is 23.2 Å².